The van der Waals surface area contributed by atoms with E-state index >= 15 is 0 Å². The van der Waals surface area contributed by atoms with Gasteiger partial charge in [0.05, 0.1) is 12.8 Å². The lowest BCUT2D eigenvalue weighted by Crippen LogP contribution is -2.48. The number of nitrogens with one attached hydrogen (secondary N) is 1. The summed E-state index contributed by atoms with van der Waals surface area (Å²) in [6.07, 6.45) is 1.77. The maximum atomic E-state index is 12.5. The second kappa shape index (κ2) is 10.3. The summed E-state index contributed by atoms with van der Waals surface area (Å²) in [5.74, 6) is -0.0908. The van der Waals surface area contributed by atoms with Crippen LogP contribution in [0.1, 0.15) is 11.1 Å². The van der Waals surface area contributed by atoms with Crippen molar-refractivity contribution in [2.45, 2.75) is 6.54 Å². The van der Waals surface area contributed by atoms with E-state index in [1.807, 2.05) is 36.4 Å². The highest BCUT2D eigenvalue weighted by Gasteiger charge is 2.19. The van der Waals surface area contributed by atoms with Crippen LogP contribution in [-0.2, 0) is 11.3 Å². The van der Waals surface area contributed by atoms with E-state index in [1.165, 1.54) is 5.56 Å². The van der Waals surface area contributed by atoms with Gasteiger partial charge in [0.25, 0.3) is 5.91 Å². The van der Waals surface area contributed by atoms with Gasteiger partial charge in [0.1, 0.15) is 0 Å². The highest BCUT2D eigenvalue weighted by molar-refractivity contribution is 6.30. The first-order chi connectivity index (χ1) is 16.7. The minimum absolute atomic E-state index is 0.0908. The zero-order valence-corrected chi connectivity index (χ0v) is 19.7. The van der Waals surface area contributed by atoms with Gasteiger partial charge in [-0.3, -0.25) is 14.6 Å². The van der Waals surface area contributed by atoms with Gasteiger partial charge < -0.3 is 0 Å². The molecule has 0 bridgehead atoms. The Morgan fingerprint density at radius 2 is 1.44 bits per heavy atom. The molecular formula is C28H27ClN4O. The SMILES string of the molecule is O=C(CN1CCN(Cc2ccc(Cl)cc2)CC1)N/N=C/c1c2ccccc2cc2ccccc12. The van der Waals surface area contributed by atoms with Crippen molar-refractivity contribution in [1.82, 2.24) is 15.2 Å². The molecule has 1 fully saturated rings. The van der Waals surface area contributed by atoms with Gasteiger partial charge in [0.15, 0.2) is 0 Å². The van der Waals surface area contributed by atoms with E-state index in [0.29, 0.717) is 6.54 Å². The van der Waals surface area contributed by atoms with Crippen LogP contribution in [0, 0.1) is 0 Å². The van der Waals surface area contributed by atoms with Gasteiger partial charge in [-0.1, -0.05) is 72.3 Å². The van der Waals surface area contributed by atoms with Crippen molar-refractivity contribution in [3.63, 3.8) is 0 Å². The van der Waals surface area contributed by atoms with Gasteiger partial charge >= 0.3 is 0 Å². The number of halogens is 1. The second-order valence-corrected chi connectivity index (χ2v) is 9.14. The minimum atomic E-state index is -0.0908. The molecule has 6 heteroatoms. The van der Waals surface area contributed by atoms with Crippen LogP contribution in [0.5, 0.6) is 0 Å². The second-order valence-electron chi connectivity index (χ2n) is 8.70. The van der Waals surface area contributed by atoms with E-state index in [0.717, 1.165) is 64.9 Å². The molecule has 0 saturated carbocycles. The number of rotatable bonds is 6. The zero-order chi connectivity index (χ0) is 23.3. The molecule has 34 heavy (non-hydrogen) atoms. The van der Waals surface area contributed by atoms with E-state index in [4.69, 9.17) is 11.6 Å². The molecule has 0 aliphatic carbocycles. The Bertz CT molecular complexity index is 1270. The largest absolute Gasteiger partial charge is 0.297 e. The number of hydrogen-bond donors (Lipinski definition) is 1. The molecule has 0 radical (unpaired) electrons. The molecule has 0 unspecified atom stereocenters. The number of hydrazone groups is 1. The number of fused-ring (bicyclic) bond motifs is 2. The Balaban J connectivity index is 1.17. The average molecular weight is 471 g/mol. The molecule has 1 aliphatic rings. The summed E-state index contributed by atoms with van der Waals surface area (Å²) in [5, 5.41) is 9.63. The first-order valence-electron chi connectivity index (χ1n) is 11.6. The monoisotopic (exact) mass is 470 g/mol. The Hall–Kier alpha value is -3.25. The third-order valence-corrected chi connectivity index (χ3v) is 6.60. The van der Waals surface area contributed by atoms with Crippen LogP contribution in [0.4, 0.5) is 0 Å². The van der Waals surface area contributed by atoms with Crippen molar-refractivity contribution < 1.29 is 4.79 Å². The van der Waals surface area contributed by atoms with Crippen LogP contribution in [0.3, 0.4) is 0 Å². The minimum Gasteiger partial charge on any atom is -0.297 e. The Morgan fingerprint density at radius 3 is 2.09 bits per heavy atom. The number of benzene rings is 4. The average Bonchev–Trinajstić information content (AvgIpc) is 2.86. The Labute approximate surface area is 204 Å². The summed E-state index contributed by atoms with van der Waals surface area (Å²) >= 11 is 5.98. The van der Waals surface area contributed by atoms with Crippen molar-refractivity contribution in [2.24, 2.45) is 5.10 Å². The fraction of sp³-hybridized carbons (Fsp3) is 0.214. The van der Waals surface area contributed by atoms with E-state index in [1.54, 1.807) is 6.21 Å². The number of carbonyl (C=O) groups excluding carboxylic acids is 1. The molecular weight excluding hydrogens is 444 g/mol. The summed E-state index contributed by atoms with van der Waals surface area (Å²) < 4.78 is 0. The van der Waals surface area contributed by atoms with Crippen molar-refractivity contribution in [1.29, 1.82) is 0 Å². The number of amides is 1. The van der Waals surface area contributed by atoms with E-state index < -0.39 is 0 Å². The predicted molar refractivity (Wildman–Crippen MR) is 140 cm³/mol. The van der Waals surface area contributed by atoms with Gasteiger partial charge in [-0.05, 0) is 45.3 Å². The number of nitrogens with zero attached hydrogens (tertiary/aromatic N) is 3. The van der Waals surface area contributed by atoms with Gasteiger partial charge in [-0.15, -0.1) is 0 Å². The fourth-order valence-corrected chi connectivity index (χ4v) is 4.67. The van der Waals surface area contributed by atoms with Crippen LogP contribution in [0.25, 0.3) is 21.5 Å². The standard InChI is InChI=1S/C28H27ClN4O/c29-24-11-9-21(10-12-24)19-32-13-15-33(16-14-32)20-28(34)31-30-18-27-25-7-3-1-5-22(25)17-23-6-2-4-8-26(23)27/h1-12,17-18H,13-16,19-20H2,(H,31,34)/b30-18+. The molecule has 1 saturated heterocycles. The molecule has 1 aliphatic heterocycles. The van der Waals surface area contributed by atoms with E-state index in [-0.39, 0.29) is 5.91 Å². The molecule has 4 aromatic carbocycles. The first kappa shape index (κ1) is 22.5. The maximum absolute atomic E-state index is 12.5. The summed E-state index contributed by atoms with van der Waals surface area (Å²) in [7, 11) is 0. The van der Waals surface area contributed by atoms with Crippen LogP contribution < -0.4 is 5.43 Å². The van der Waals surface area contributed by atoms with Crippen molar-refractivity contribution in [3.8, 4) is 0 Å². The van der Waals surface area contributed by atoms with Crippen LogP contribution in [0.15, 0.2) is 84.0 Å². The highest BCUT2D eigenvalue weighted by atomic mass is 35.5. The van der Waals surface area contributed by atoms with E-state index in [2.05, 4.69) is 62.8 Å². The topological polar surface area (TPSA) is 47.9 Å². The quantitative estimate of drug-likeness (QED) is 0.247. The summed E-state index contributed by atoms with van der Waals surface area (Å²) in [6, 6.07) is 26.7. The lowest BCUT2D eigenvalue weighted by atomic mass is 9.97. The van der Waals surface area contributed by atoms with Crippen molar-refractivity contribution in [2.75, 3.05) is 32.7 Å². The number of carbonyl (C=O) groups is 1. The Morgan fingerprint density at radius 1 is 0.853 bits per heavy atom. The van der Waals surface area contributed by atoms with Gasteiger partial charge in [0.2, 0.25) is 0 Å². The van der Waals surface area contributed by atoms with Crippen LogP contribution in [0.2, 0.25) is 5.02 Å². The van der Waals surface area contributed by atoms with E-state index in [9.17, 15) is 4.79 Å². The van der Waals surface area contributed by atoms with Gasteiger partial charge in [-0.2, -0.15) is 5.10 Å². The predicted octanol–water partition coefficient (Wildman–Crippen LogP) is 4.91. The molecule has 0 atom stereocenters. The molecule has 5 nitrogen and oxygen atoms in total. The molecule has 172 valence electrons. The molecule has 0 aromatic heterocycles. The Kier molecular flexibility index (Phi) is 6.86. The molecule has 0 spiro atoms. The summed E-state index contributed by atoms with van der Waals surface area (Å²) in [6.45, 7) is 4.84. The highest BCUT2D eigenvalue weighted by Crippen LogP contribution is 2.27. The summed E-state index contributed by atoms with van der Waals surface area (Å²) in [5.41, 5.74) is 5.00. The summed E-state index contributed by atoms with van der Waals surface area (Å²) in [4.78, 5) is 17.1. The lowest BCUT2D eigenvalue weighted by molar-refractivity contribution is -0.122. The normalized spacial score (nSPS) is 15.3. The van der Waals surface area contributed by atoms with Gasteiger partial charge in [-0.25, -0.2) is 5.43 Å². The third-order valence-electron chi connectivity index (χ3n) is 6.35. The molecule has 1 heterocycles. The molecule has 1 amide bonds. The van der Waals surface area contributed by atoms with Crippen molar-refractivity contribution in [3.05, 3.63) is 95.0 Å². The third kappa shape index (κ3) is 5.28. The smallest absolute Gasteiger partial charge is 0.254 e. The van der Waals surface area contributed by atoms with Crippen LogP contribution in [-0.4, -0.2) is 54.6 Å². The molecule has 5 rings (SSSR count). The first-order valence-corrected chi connectivity index (χ1v) is 11.9. The maximum Gasteiger partial charge on any atom is 0.254 e. The zero-order valence-electron chi connectivity index (χ0n) is 19.0. The molecule has 1 N–H and O–H groups in total. The number of piperazine rings is 1. The fourth-order valence-electron chi connectivity index (χ4n) is 4.55. The van der Waals surface area contributed by atoms with Gasteiger partial charge in [0, 0.05) is 43.3 Å². The lowest BCUT2D eigenvalue weighted by Gasteiger charge is -2.34. The van der Waals surface area contributed by atoms with Crippen molar-refractivity contribution >= 4 is 45.3 Å². The number of hydrogen-bond acceptors (Lipinski definition) is 4. The molecule has 4 aromatic rings. The van der Waals surface area contributed by atoms with Crippen LogP contribution >= 0.6 is 11.6 Å².